The van der Waals surface area contributed by atoms with E-state index in [2.05, 4.69) is 28.7 Å². The first-order valence-electron chi connectivity index (χ1n) is 10.5. The molecule has 4 heterocycles. The van der Waals surface area contributed by atoms with Gasteiger partial charge in [0.2, 0.25) is 0 Å². The molecule has 0 aliphatic carbocycles. The van der Waals surface area contributed by atoms with Gasteiger partial charge < -0.3 is 19.5 Å². The normalized spacial score (nSPS) is 22.5. The van der Waals surface area contributed by atoms with E-state index in [0.29, 0.717) is 18.4 Å². The molecule has 0 saturated carbocycles. The van der Waals surface area contributed by atoms with Gasteiger partial charge in [-0.05, 0) is 43.2 Å². The summed E-state index contributed by atoms with van der Waals surface area (Å²) >= 11 is 0. The molecule has 2 atom stereocenters. The lowest BCUT2D eigenvalue weighted by atomic mass is 10.0. The van der Waals surface area contributed by atoms with Gasteiger partial charge in [-0.1, -0.05) is 13.8 Å². The Labute approximate surface area is 166 Å². The topological polar surface area (TPSA) is 72.3 Å². The van der Waals surface area contributed by atoms with Crippen molar-refractivity contribution in [2.45, 2.75) is 52.2 Å². The Bertz CT molecular complexity index is 812. The molecule has 2 aliphatic rings. The number of aromatic nitrogens is 3. The van der Waals surface area contributed by atoms with Crippen molar-refractivity contribution in [2.24, 2.45) is 11.8 Å². The molecule has 2 aromatic rings. The summed E-state index contributed by atoms with van der Waals surface area (Å²) in [5.74, 6) is 2.06. The van der Waals surface area contributed by atoms with Gasteiger partial charge in [-0.3, -0.25) is 0 Å². The van der Waals surface area contributed by atoms with Crippen LogP contribution >= 0.6 is 0 Å². The predicted molar refractivity (Wildman–Crippen MR) is 108 cm³/mol. The highest BCUT2D eigenvalue weighted by Gasteiger charge is 2.28. The van der Waals surface area contributed by atoms with Crippen LogP contribution in [0, 0.1) is 11.8 Å². The molecule has 0 aromatic carbocycles. The smallest absolute Gasteiger partial charge is 0.317 e. The summed E-state index contributed by atoms with van der Waals surface area (Å²) < 4.78 is 7.85. The van der Waals surface area contributed by atoms with Crippen molar-refractivity contribution in [3.63, 3.8) is 0 Å². The molecule has 2 aromatic heterocycles. The Morgan fingerprint density at radius 2 is 2.29 bits per heavy atom. The van der Waals surface area contributed by atoms with E-state index in [1.54, 1.807) is 0 Å². The number of hydrogen-bond donors (Lipinski definition) is 1. The number of carbonyl (C=O) groups is 1. The third-order valence-corrected chi connectivity index (χ3v) is 5.68. The third-order valence-electron chi connectivity index (χ3n) is 5.68. The van der Waals surface area contributed by atoms with E-state index in [9.17, 15) is 4.79 Å². The fourth-order valence-electron chi connectivity index (χ4n) is 4.28. The highest BCUT2D eigenvalue weighted by molar-refractivity contribution is 5.74. The maximum atomic E-state index is 12.5. The highest BCUT2D eigenvalue weighted by atomic mass is 16.5. The van der Waals surface area contributed by atoms with E-state index < -0.39 is 0 Å². The molecule has 7 nitrogen and oxygen atoms in total. The average Bonchev–Trinajstić information content (AvgIpc) is 3.41. The van der Waals surface area contributed by atoms with Crippen LogP contribution in [-0.4, -0.2) is 57.8 Å². The van der Waals surface area contributed by atoms with Gasteiger partial charge in [0.15, 0.2) is 5.65 Å². The molecule has 0 radical (unpaired) electrons. The number of urea groups is 1. The number of hydrogen-bond acceptors (Lipinski definition) is 4. The van der Waals surface area contributed by atoms with Gasteiger partial charge in [0.1, 0.15) is 11.3 Å². The van der Waals surface area contributed by atoms with Gasteiger partial charge in [0, 0.05) is 45.4 Å². The van der Waals surface area contributed by atoms with Crippen LogP contribution in [0.5, 0.6) is 0 Å². The van der Waals surface area contributed by atoms with Crippen LogP contribution in [0.4, 0.5) is 4.79 Å². The first-order valence-corrected chi connectivity index (χ1v) is 10.5. The molecule has 4 rings (SSSR count). The van der Waals surface area contributed by atoms with Gasteiger partial charge in [0.05, 0.1) is 6.10 Å². The van der Waals surface area contributed by atoms with E-state index in [1.807, 2.05) is 23.2 Å². The van der Waals surface area contributed by atoms with E-state index in [4.69, 9.17) is 9.72 Å². The van der Waals surface area contributed by atoms with Gasteiger partial charge >= 0.3 is 6.03 Å². The molecule has 2 fully saturated rings. The molecular formula is C21H31N5O2. The standard InChI is InChI=1S/C21H31N5O2/c1-15(2)13-26-19(24-18-6-3-8-22-20(18)26)11-16-7-9-25(14-16)21(27)23-12-17-5-4-10-28-17/h3,6,8,15-17H,4-5,7,9-14H2,1-2H3,(H,23,27). The lowest BCUT2D eigenvalue weighted by Gasteiger charge is -2.19. The van der Waals surface area contributed by atoms with Crippen molar-refractivity contribution in [1.29, 1.82) is 0 Å². The minimum Gasteiger partial charge on any atom is -0.376 e. The molecule has 7 heteroatoms. The van der Waals surface area contributed by atoms with Crippen LogP contribution in [0.2, 0.25) is 0 Å². The molecule has 0 bridgehead atoms. The molecule has 2 saturated heterocycles. The second kappa shape index (κ2) is 8.47. The molecule has 2 amide bonds. The second-order valence-electron chi connectivity index (χ2n) is 8.50. The van der Waals surface area contributed by atoms with Crippen molar-refractivity contribution >= 4 is 17.2 Å². The monoisotopic (exact) mass is 385 g/mol. The van der Waals surface area contributed by atoms with E-state index in [0.717, 1.165) is 68.9 Å². The van der Waals surface area contributed by atoms with Crippen LogP contribution in [0.1, 0.15) is 38.9 Å². The Morgan fingerprint density at radius 1 is 1.39 bits per heavy atom. The summed E-state index contributed by atoms with van der Waals surface area (Å²) in [7, 11) is 0. The van der Waals surface area contributed by atoms with Crippen molar-refractivity contribution < 1.29 is 9.53 Å². The Hall–Kier alpha value is -2.15. The van der Waals surface area contributed by atoms with E-state index in [1.165, 1.54) is 0 Å². The lowest BCUT2D eigenvalue weighted by Crippen LogP contribution is -2.41. The maximum absolute atomic E-state index is 12.5. The molecule has 1 N–H and O–H groups in total. The summed E-state index contributed by atoms with van der Waals surface area (Å²) in [4.78, 5) is 23.8. The first-order chi connectivity index (χ1) is 13.6. The number of fused-ring (bicyclic) bond motifs is 1. The minimum atomic E-state index is 0.0374. The van der Waals surface area contributed by atoms with Crippen molar-refractivity contribution in [3.8, 4) is 0 Å². The maximum Gasteiger partial charge on any atom is 0.317 e. The number of rotatable bonds is 6. The van der Waals surface area contributed by atoms with Crippen molar-refractivity contribution in [2.75, 3.05) is 26.2 Å². The SMILES string of the molecule is CC(C)Cn1c(CC2CCN(C(=O)NCC3CCCO3)C2)nc2cccnc21. The quantitative estimate of drug-likeness (QED) is 0.830. The van der Waals surface area contributed by atoms with E-state index in [-0.39, 0.29) is 12.1 Å². The zero-order valence-corrected chi connectivity index (χ0v) is 16.9. The van der Waals surface area contributed by atoms with Crippen LogP contribution < -0.4 is 5.32 Å². The fraction of sp³-hybridized carbons (Fsp3) is 0.667. The average molecular weight is 386 g/mol. The summed E-state index contributed by atoms with van der Waals surface area (Å²) in [5.41, 5.74) is 1.93. The number of nitrogens with zero attached hydrogens (tertiary/aromatic N) is 4. The van der Waals surface area contributed by atoms with Crippen LogP contribution in [0.15, 0.2) is 18.3 Å². The largest absolute Gasteiger partial charge is 0.376 e. The molecule has 2 unspecified atom stereocenters. The molecule has 0 spiro atoms. The molecule has 28 heavy (non-hydrogen) atoms. The van der Waals surface area contributed by atoms with Crippen LogP contribution in [-0.2, 0) is 17.7 Å². The van der Waals surface area contributed by atoms with Gasteiger partial charge in [-0.2, -0.15) is 0 Å². The lowest BCUT2D eigenvalue weighted by molar-refractivity contribution is 0.109. The molecular weight excluding hydrogens is 354 g/mol. The Morgan fingerprint density at radius 3 is 3.07 bits per heavy atom. The number of amides is 2. The number of nitrogens with one attached hydrogen (secondary N) is 1. The van der Waals surface area contributed by atoms with Gasteiger partial charge in [0.25, 0.3) is 0 Å². The summed E-state index contributed by atoms with van der Waals surface area (Å²) in [5, 5.41) is 3.04. The number of ether oxygens (including phenoxy) is 1. The van der Waals surface area contributed by atoms with Crippen LogP contribution in [0.3, 0.4) is 0 Å². The number of likely N-dealkylation sites (tertiary alicyclic amines) is 1. The Balaban J connectivity index is 1.37. The molecule has 2 aliphatic heterocycles. The second-order valence-corrected chi connectivity index (χ2v) is 8.50. The van der Waals surface area contributed by atoms with Crippen molar-refractivity contribution in [3.05, 3.63) is 24.2 Å². The van der Waals surface area contributed by atoms with E-state index >= 15 is 0 Å². The number of pyridine rings is 1. The summed E-state index contributed by atoms with van der Waals surface area (Å²) in [6.07, 6.45) is 6.07. The van der Waals surface area contributed by atoms with Crippen LogP contribution in [0.25, 0.3) is 11.2 Å². The first kappa shape index (κ1) is 19.2. The fourth-order valence-corrected chi connectivity index (χ4v) is 4.28. The highest BCUT2D eigenvalue weighted by Crippen LogP contribution is 2.24. The number of imidazole rings is 1. The van der Waals surface area contributed by atoms with Gasteiger partial charge in [-0.25, -0.2) is 14.8 Å². The number of carbonyl (C=O) groups excluding carboxylic acids is 1. The van der Waals surface area contributed by atoms with Crippen molar-refractivity contribution in [1.82, 2.24) is 24.8 Å². The zero-order valence-electron chi connectivity index (χ0n) is 16.9. The third kappa shape index (κ3) is 4.29. The minimum absolute atomic E-state index is 0.0374. The Kier molecular flexibility index (Phi) is 5.80. The summed E-state index contributed by atoms with van der Waals surface area (Å²) in [6.45, 7) is 8.39. The predicted octanol–water partition coefficient (Wildman–Crippen LogP) is 2.84. The zero-order chi connectivity index (χ0) is 19.5. The van der Waals surface area contributed by atoms with Gasteiger partial charge in [-0.15, -0.1) is 0 Å². The summed E-state index contributed by atoms with van der Waals surface area (Å²) in [6, 6.07) is 4.01. The molecule has 152 valence electrons.